The first-order valence-electron chi connectivity index (χ1n) is 12.8. The van der Waals surface area contributed by atoms with Crippen LogP contribution in [-0.2, 0) is 0 Å². The molecule has 4 aromatic carbocycles. The van der Waals surface area contributed by atoms with Gasteiger partial charge in [-0.25, -0.2) is 0 Å². The highest BCUT2D eigenvalue weighted by atomic mass is 15.1. The fourth-order valence-corrected chi connectivity index (χ4v) is 4.77. The summed E-state index contributed by atoms with van der Waals surface area (Å²) in [6.45, 7) is 0. The summed E-state index contributed by atoms with van der Waals surface area (Å²) >= 11 is 0. The molecular weight excluding hydrogens is 480 g/mol. The molecule has 0 spiro atoms. The highest BCUT2D eigenvalue weighted by Crippen LogP contribution is 2.34. The summed E-state index contributed by atoms with van der Waals surface area (Å²) in [5, 5.41) is 23.5. The SMILES string of the molecule is c1ccc(-c2cc(-c3cc(-c4cc(-c5ccccc5)[nH]n4)cc(-c4cc(-c5ccccc5)n[nH]4)c3)[nH]n2)cc1. The quantitative estimate of drug-likeness (QED) is 0.215. The molecule has 0 bridgehead atoms. The molecule has 186 valence electrons. The van der Waals surface area contributed by atoms with Gasteiger partial charge in [0.2, 0.25) is 0 Å². The van der Waals surface area contributed by atoms with Gasteiger partial charge in [-0.2, -0.15) is 15.3 Å². The van der Waals surface area contributed by atoms with E-state index in [4.69, 9.17) is 0 Å². The molecule has 6 nitrogen and oxygen atoms in total. The molecule has 0 aliphatic carbocycles. The molecule has 0 aliphatic rings. The first kappa shape index (κ1) is 22.7. The zero-order valence-corrected chi connectivity index (χ0v) is 21.0. The van der Waals surface area contributed by atoms with Gasteiger partial charge in [-0.1, -0.05) is 91.0 Å². The molecule has 0 radical (unpaired) electrons. The lowest BCUT2D eigenvalue weighted by atomic mass is 9.98. The summed E-state index contributed by atoms with van der Waals surface area (Å²) in [6.07, 6.45) is 0. The molecule has 7 aromatic rings. The molecule has 0 saturated heterocycles. The van der Waals surface area contributed by atoms with E-state index in [2.05, 4.69) is 103 Å². The molecule has 3 heterocycles. The van der Waals surface area contributed by atoms with Gasteiger partial charge >= 0.3 is 0 Å². The van der Waals surface area contributed by atoms with Crippen molar-refractivity contribution < 1.29 is 0 Å². The molecule has 0 fully saturated rings. The van der Waals surface area contributed by atoms with Crippen LogP contribution in [-0.4, -0.2) is 30.6 Å². The number of aromatic nitrogens is 6. The first-order chi connectivity index (χ1) is 19.3. The number of aromatic amines is 3. The maximum atomic E-state index is 4.66. The van der Waals surface area contributed by atoms with Crippen molar-refractivity contribution in [2.45, 2.75) is 0 Å². The Balaban J connectivity index is 1.33. The second kappa shape index (κ2) is 9.76. The van der Waals surface area contributed by atoms with Crippen LogP contribution in [0, 0.1) is 0 Å². The van der Waals surface area contributed by atoms with Crippen molar-refractivity contribution in [1.82, 2.24) is 30.6 Å². The van der Waals surface area contributed by atoms with E-state index in [0.717, 1.165) is 67.5 Å². The lowest BCUT2D eigenvalue weighted by Gasteiger charge is -2.07. The fourth-order valence-electron chi connectivity index (χ4n) is 4.77. The van der Waals surface area contributed by atoms with Crippen LogP contribution in [0.3, 0.4) is 0 Å². The van der Waals surface area contributed by atoms with Crippen molar-refractivity contribution >= 4 is 0 Å². The number of rotatable bonds is 6. The molecule has 0 aliphatic heterocycles. The average Bonchev–Trinajstić information content (AvgIpc) is 3.80. The third-order valence-corrected chi connectivity index (χ3v) is 6.81. The van der Waals surface area contributed by atoms with Gasteiger partial charge in [-0.3, -0.25) is 15.3 Å². The molecule has 3 N–H and O–H groups in total. The molecule has 3 aromatic heterocycles. The summed E-state index contributed by atoms with van der Waals surface area (Å²) in [6, 6.07) is 43.3. The van der Waals surface area contributed by atoms with Crippen LogP contribution in [0.25, 0.3) is 67.5 Å². The molecule has 6 heteroatoms. The van der Waals surface area contributed by atoms with Crippen LogP contribution < -0.4 is 0 Å². The van der Waals surface area contributed by atoms with Crippen molar-refractivity contribution in [3.05, 3.63) is 127 Å². The molecule has 0 atom stereocenters. The van der Waals surface area contributed by atoms with Gasteiger partial charge in [-0.15, -0.1) is 0 Å². The van der Waals surface area contributed by atoms with E-state index >= 15 is 0 Å². The van der Waals surface area contributed by atoms with Crippen molar-refractivity contribution in [3.8, 4) is 67.5 Å². The standard InChI is InChI=1S/C33H24N6/c1-4-10-22(11-5-1)28-19-31(37-34-28)25-16-26(32-20-29(35-38-32)23-12-6-2-7-13-23)18-27(17-25)33-21-30(36-39-33)24-14-8-3-9-15-24/h1-21H,(H,34,37)(H,35,38)(H,36,39). The Morgan fingerprint density at radius 1 is 0.308 bits per heavy atom. The Morgan fingerprint density at radius 2 is 0.641 bits per heavy atom. The highest BCUT2D eigenvalue weighted by Gasteiger charge is 2.14. The third-order valence-electron chi connectivity index (χ3n) is 6.81. The first-order valence-corrected chi connectivity index (χ1v) is 12.8. The summed E-state index contributed by atoms with van der Waals surface area (Å²) in [5.41, 5.74) is 11.7. The van der Waals surface area contributed by atoms with Crippen LogP contribution in [0.1, 0.15) is 0 Å². The zero-order valence-electron chi connectivity index (χ0n) is 21.0. The molecule has 7 rings (SSSR count). The lowest BCUT2D eigenvalue weighted by Crippen LogP contribution is -1.87. The van der Waals surface area contributed by atoms with Crippen LogP contribution in [0.5, 0.6) is 0 Å². The molecule has 0 amide bonds. The Morgan fingerprint density at radius 3 is 1.08 bits per heavy atom. The van der Waals surface area contributed by atoms with Crippen LogP contribution in [0.4, 0.5) is 0 Å². The van der Waals surface area contributed by atoms with E-state index in [9.17, 15) is 0 Å². The van der Waals surface area contributed by atoms with Crippen molar-refractivity contribution in [3.63, 3.8) is 0 Å². The van der Waals surface area contributed by atoms with E-state index in [1.807, 2.05) is 54.6 Å². The normalized spacial score (nSPS) is 11.1. The van der Waals surface area contributed by atoms with E-state index in [0.29, 0.717) is 0 Å². The number of nitrogens with zero attached hydrogens (tertiary/aromatic N) is 3. The van der Waals surface area contributed by atoms with Gasteiger partial charge < -0.3 is 0 Å². The fraction of sp³-hybridized carbons (Fsp3) is 0. The van der Waals surface area contributed by atoms with Crippen molar-refractivity contribution in [2.24, 2.45) is 0 Å². The molecular formula is C33H24N6. The van der Waals surface area contributed by atoms with Crippen LogP contribution in [0.15, 0.2) is 127 Å². The molecule has 0 unspecified atom stereocenters. The zero-order chi connectivity index (χ0) is 26.0. The van der Waals surface area contributed by atoms with E-state index < -0.39 is 0 Å². The third kappa shape index (κ3) is 4.55. The van der Waals surface area contributed by atoms with E-state index in [1.165, 1.54) is 0 Å². The van der Waals surface area contributed by atoms with E-state index in [1.54, 1.807) is 0 Å². The maximum absolute atomic E-state index is 4.66. The maximum Gasteiger partial charge on any atom is 0.0927 e. The van der Waals surface area contributed by atoms with Crippen molar-refractivity contribution in [2.75, 3.05) is 0 Å². The number of benzene rings is 4. The second-order valence-corrected chi connectivity index (χ2v) is 9.40. The predicted molar refractivity (Wildman–Crippen MR) is 155 cm³/mol. The smallest absolute Gasteiger partial charge is 0.0927 e. The number of hydrogen-bond acceptors (Lipinski definition) is 3. The van der Waals surface area contributed by atoms with Crippen molar-refractivity contribution in [1.29, 1.82) is 0 Å². The molecule has 39 heavy (non-hydrogen) atoms. The van der Waals surface area contributed by atoms with Crippen LogP contribution >= 0.6 is 0 Å². The second-order valence-electron chi connectivity index (χ2n) is 9.40. The Hall–Kier alpha value is -5.49. The largest absolute Gasteiger partial charge is 0.277 e. The summed E-state index contributed by atoms with van der Waals surface area (Å²) in [4.78, 5) is 0. The van der Waals surface area contributed by atoms with Gasteiger partial charge in [0, 0.05) is 27.8 Å². The molecule has 0 saturated carbocycles. The highest BCUT2D eigenvalue weighted by molar-refractivity contribution is 5.81. The minimum atomic E-state index is 0.863. The minimum absolute atomic E-state index is 0.863. The van der Waals surface area contributed by atoms with E-state index in [-0.39, 0.29) is 0 Å². The monoisotopic (exact) mass is 504 g/mol. The topological polar surface area (TPSA) is 86.0 Å². The van der Waals surface area contributed by atoms with Gasteiger partial charge in [0.1, 0.15) is 0 Å². The summed E-state index contributed by atoms with van der Waals surface area (Å²) < 4.78 is 0. The minimum Gasteiger partial charge on any atom is -0.277 e. The van der Waals surface area contributed by atoms with Gasteiger partial charge in [-0.05, 0) is 42.0 Å². The Kier molecular flexibility index (Phi) is 5.68. The van der Waals surface area contributed by atoms with Gasteiger partial charge in [0.25, 0.3) is 0 Å². The lowest BCUT2D eigenvalue weighted by molar-refractivity contribution is 1.09. The number of nitrogens with one attached hydrogen (secondary N) is 3. The Bertz CT molecular complexity index is 1620. The van der Waals surface area contributed by atoms with Gasteiger partial charge in [0.15, 0.2) is 0 Å². The predicted octanol–water partition coefficient (Wildman–Crippen LogP) is 7.86. The number of H-pyrrole nitrogens is 3. The summed E-state index contributed by atoms with van der Waals surface area (Å²) in [7, 11) is 0. The Labute approximate surface area is 225 Å². The van der Waals surface area contributed by atoms with Crippen LogP contribution in [0.2, 0.25) is 0 Å². The number of hydrogen-bond donors (Lipinski definition) is 3. The summed E-state index contributed by atoms with van der Waals surface area (Å²) in [5.74, 6) is 0. The average molecular weight is 505 g/mol. The van der Waals surface area contributed by atoms with Gasteiger partial charge in [0.05, 0.1) is 34.2 Å².